The maximum absolute atomic E-state index is 11.9. The van der Waals surface area contributed by atoms with Crippen LogP contribution in [0, 0.1) is 5.92 Å². The van der Waals surface area contributed by atoms with E-state index in [1.807, 2.05) is 0 Å². The molecule has 0 heterocycles. The van der Waals surface area contributed by atoms with E-state index in [-0.39, 0.29) is 31.9 Å². The minimum absolute atomic E-state index is 0.0679. The molecule has 0 fully saturated rings. The van der Waals surface area contributed by atoms with Gasteiger partial charge in [-0.2, -0.15) is 0 Å². The molecule has 1 unspecified atom stereocenters. The van der Waals surface area contributed by atoms with E-state index in [0.29, 0.717) is 12.8 Å². The summed E-state index contributed by atoms with van der Waals surface area (Å²) in [5.41, 5.74) is 0. The van der Waals surface area contributed by atoms with Crippen molar-refractivity contribution < 1.29 is 17.6 Å². The van der Waals surface area contributed by atoms with Gasteiger partial charge in [0.15, 0.2) is 0 Å². The van der Waals surface area contributed by atoms with Crippen LogP contribution in [0.1, 0.15) is 39.0 Å². The fourth-order valence-corrected chi connectivity index (χ4v) is 6.16. The molecule has 1 atom stereocenters. The van der Waals surface area contributed by atoms with Crippen LogP contribution in [0.25, 0.3) is 0 Å². The van der Waals surface area contributed by atoms with Crippen LogP contribution >= 0.6 is 0 Å². The molecule has 0 aliphatic heterocycles. The Morgan fingerprint density at radius 3 is 1.79 bits per heavy atom. The van der Waals surface area contributed by atoms with Gasteiger partial charge in [0.25, 0.3) is 0 Å². The Hall–Kier alpha value is 0.154. The molecule has 0 aromatic carbocycles. The van der Waals surface area contributed by atoms with E-state index < -0.39 is 12.9 Å². The third-order valence-electron chi connectivity index (χ3n) is 3.49. The van der Waals surface area contributed by atoms with E-state index in [2.05, 4.69) is 6.92 Å². The molecule has 0 rings (SSSR count). The van der Waals surface area contributed by atoms with E-state index in [9.17, 15) is 17.6 Å². The molecule has 6 heteroatoms. The van der Waals surface area contributed by atoms with Crippen molar-refractivity contribution in [1.82, 2.24) is 0 Å². The van der Waals surface area contributed by atoms with Crippen LogP contribution in [0.3, 0.4) is 0 Å². The van der Waals surface area contributed by atoms with Crippen molar-refractivity contribution in [2.24, 2.45) is 5.92 Å². The van der Waals surface area contributed by atoms with Crippen molar-refractivity contribution >= 4 is 19.0 Å². The molecule has 19 heavy (non-hydrogen) atoms. The zero-order chi connectivity index (χ0) is 14.5. The largest absolute Gasteiger partial charge is 0.238 e. The molecule has 0 saturated carbocycles. The summed E-state index contributed by atoms with van der Waals surface area (Å²) in [6.45, 7) is 2.24. The average Bonchev–Trinajstić information content (AvgIpc) is 2.32. The van der Waals surface area contributed by atoms with Gasteiger partial charge in [0.1, 0.15) is 0 Å². The molecule has 0 N–H and O–H groups in total. The van der Waals surface area contributed by atoms with Crippen molar-refractivity contribution in [3.05, 3.63) is 0 Å². The van der Waals surface area contributed by atoms with Gasteiger partial charge in [-0.25, -0.2) is 17.6 Å². The first-order chi connectivity index (χ1) is 9.02. The molecule has 0 aromatic rings. The van der Waals surface area contributed by atoms with Crippen LogP contribution in [0.5, 0.6) is 0 Å². The van der Waals surface area contributed by atoms with Gasteiger partial charge in [-0.05, 0) is 5.92 Å². The first-order valence-corrected chi connectivity index (χ1v) is 11.6. The second kappa shape index (κ2) is 13.2. The van der Waals surface area contributed by atoms with Crippen molar-refractivity contribution in [2.45, 2.75) is 76.1 Å². The summed E-state index contributed by atoms with van der Waals surface area (Å²) in [5.74, 6) is 0.723. The molecular weight excluding hydrogens is 288 g/mol. The lowest BCUT2D eigenvalue weighted by Gasteiger charge is -2.10. The van der Waals surface area contributed by atoms with Gasteiger partial charge < -0.3 is 0 Å². The summed E-state index contributed by atoms with van der Waals surface area (Å²) in [5, 5.41) is 0. The first kappa shape index (κ1) is 19.2. The Morgan fingerprint density at radius 1 is 0.737 bits per heavy atom. The number of hydrogen-bond acceptors (Lipinski definition) is 0. The Labute approximate surface area is 119 Å². The molecule has 0 radical (unpaired) electrons. The summed E-state index contributed by atoms with van der Waals surface area (Å²) in [6.07, 6.45) is -1.52. The molecule has 0 aliphatic carbocycles. The summed E-state index contributed by atoms with van der Waals surface area (Å²) in [7, 11) is -0.286. The topological polar surface area (TPSA) is 0 Å². The lowest BCUT2D eigenvalue weighted by atomic mass is 10.2. The highest BCUT2D eigenvalue weighted by molar-refractivity contribution is 6.36. The minimum Gasteiger partial charge on any atom is -0.211 e. The second-order valence-corrected chi connectivity index (χ2v) is 9.63. The standard InChI is InChI=1S/C13H28F4Si2/c1-11(10-19-8-3-5-13(16)17)6-9-18-7-2-4-12(14)15/h11-13H,2-10,18-19H2,1H3. The lowest BCUT2D eigenvalue weighted by Crippen LogP contribution is -2.03. The normalized spacial score (nSPS) is 14.7. The van der Waals surface area contributed by atoms with Gasteiger partial charge >= 0.3 is 0 Å². The van der Waals surface area contributed by atoms with Crippen LogP contribution in [0.15, 0.2) is 0 Å². The minimum atomic E-state index is -2.13. The first-order valence-electron chi connectivity index (χ1n) is 7.58. The third-order valence-corrected chi connectivity index (χ3v) is 7.79. The summed E-state index contributed by atoms with van der Waals surface area (Å²) in [6, 6.07) is 4.61. The van der Waals surface area contributed by atoms with E-state index >= 15 is 0 Å². The van der Waals surface area contributed by atoms with Crippen LogP contribution in [0.4, 0.5) is 17.6 Å². The zero-order valence-corrected chi connectivity index (χ0v) is 14.9. The Morgan fingerprint density at radius 2 is 1.26 bits per heavy atom. The SMILES string of the molecule is CC(CC[SiH2]CCCC(F)F)C[SiH2]CCCC(F)F. The highest BCUT2D eigenvalue weighted by Gasteiger charge is 2.05. The van der Waals surface area contributed by atoms with Crippen LogP contribution in [0.2, 0.25) is 24.2 Å². The second-order valence-electron chi connectivity index (χ2n) is 5.52. The molecule has 0 saturated heterocycles. The van der Waals surface area contributed by atoms with Gasteiger partial charge in [-0.1, -0.05) is 50.4 Å². The monoisotopic (exact) mass is 316 g/mol. The molecule has 0 amide bonds. The maximum atomic E-state index is 11.9. The van der Waals surface area contributed by atoms with Gasteiger partial charge in [-0.15, -0.1) is 0 Å². The van der Waals surface area contributed by atoms with E-state index in [1.54, 1.807) is 0 Å². The number of alkyl halides is 4. The Kier molecular flexibility index (Phi) is 13.3. The van der Waals surface area contributed by atoms with Crippen LogP contribution in [-0.2, 0) is 0 Å². The van der Waals surface area contributed by atoms with Crippen LogP contribution < -0.4 is 0 Å². The van der Waals surface area contributed by atoms with E-state index in [0.717, 1.165) is 18.0 Å². The summed E-state index contributed by atoms with van der Waals surface area (Å²) in [4.78, 5) is 0. The highest BCUT2D eigenvalue weighted by atomic mass is 28.2. The molecule has 0 spiro atoms. The molecule has 0 nitrogen and oxygen atoms in total. The van der Waals surface area contributed by atoms with Crippen molar-refractivity contribution in [3.63, 3.8) is 0 Å². The molecule has 116 valence electrons. The molecular formula is C13H28F4Si2. The van der Waals surface area contributed by atoms with Gasteiger partial charge in [0, 0.05) is 31.9 Å². The highest BCUT2D eigenvalue weighted by Crippen LogP contribution is 2.14. The zero-order valence-electron chi connectivity index (χ0n) is 12.0. The molecule has 0 aromatic heterocycles. The van der Waals surface area contributed by atoms with E-state index in [1.165, 1.54) is 18.5 Å². The fourth-order valence-electron chi connectivity index (χ4n) is 2.26. The Balaban J connectivity index is 3.19. The maximum Gasteiger partial charge on any atom is 0.238 e. The van der Waals surface area contributed by atoms with Gasteiger partial charge in [0.2, 0.25) is 12.9 Å². The average molecular weight is 317 g/mol. The Bertz CT molecular complexity index is 191. The number of halogens is 4. The van der Waals surface area contributed by atoms with E-state index in [4.69, 9.17) is 0 Å². The number of hydrogen-bond donors (Lipinski definition) is 0. The summed E-state index contributed by atoms with van der Waals surface area (Å²) >= 11 is 0. The smallest absolute Gasteiger partial charge is 0.211 e. The van der Waals surface area contributed by atoms with Gasteiger partial charge in [0.05, 0.1) is 0 Å². The summed E-state index contributed by atoms with van der Waals surface area (Å²) < 4.78 is 47.6. The quantitative estimate of drug-likeness (QED) is 0.272. The molecule has 0 aliphatic rings. The van der Waals surface area contributed by atoms with Gasteiger partial charge in [-0.3, -0.25) is 0 Å². The third kappa shape index (κ3) is 16.1. The van der Waals surface area contributed by atoms with Crippen molar-refractivity contribution in [3.8, 4) is 0 Å². The predicted molar refractivity (Wildman–Crippen MR) is 80.6 cm³/mol. The lowest BCUT2D eigenvalue weighted by molar-refractivity contribution is 0.136. The van der Waals surface area contributed by atoms with Crippen LogP contribution in [-0.4, -0.2) is 31.9 Å². The van der Waals surface area contributed by atoms with Crippen molar-refractivity contribution in [1.29, 1.82) is 0 Å². The van der Waals surface area contributed by atoms with Crippen molar-refractivity contribution in [2.75, 3.05) is 0 Å². The number of rotatable bonds is 13. The molecule has 0 bridgehead atoms. The fraction of sp³-hybridized carbons (Fsp3) is 1.00. The predicted octanol–water partition coefficient (Wildman–Crippen LogP) is 4.11.